The van der Waals surface area contributed by atoms with Gasteiger partial charge in [0.15, 0.2) is 0 Å². The molecule has 0 aromatic carbocycles. The molecule has 3 atom stereocenters. The Morgan fingerprint density at radius 1 is 1.00 bits per heavy atom. The lowest BCUT2D eigenvalue weighted by Crippen LogP contribution is -2.55. The molecule has 10 heteroatoms. The lowest BCUT2D eigenvalue weighted by atomic mass is 10.0. The SMILES string of the molecule is C#CCCC(=O)N[C@@H](CCCCN)C(=O)NCC(=O)N[C@H](C(=O)N[C@H](C)CO)C(C)C. The van der Waals surface area contributed by atoms with Gasteiger partial charge in [-0.1, -0.05) is 13.8 Å². The van der Waals surface area contributed by atoms with E-state index in [1.54, 1.807) is 20.8 Å². The molecule has 0 fully saturated rings. The van der Waals surface area contributed by atoms with Crippen molar-refractivity contribution in [2.75, 3.05) is 19.7 Å². The molecule has 10 nitrogen and oxygen atoms in total. The van der Waals surface area contributed by atoms with Crippen molar-refractivity contribution < 1.29 is 24.3 Å². The van der Waals surface area contributed by atoms with Crippen LogP contribution in [0.15, 0.2) is 0 Å². The number of hydrogen-bond donors (Lipinski definition) is 6. The molecule has 0 bridgehead atoms. The number of amides is 4. The van der Waals surface area contributed by atoms with E-state index in [2.05, 4.69) is 27.2 Å². The van der Waals surface area contributed by atoms with E-state index in [1.165, 1.54) is 0 Å². The van der Waals surface area contributed by atoms with E-state index in [0.29, 0.717) is 25.8 Å². The van der Waals surface area contributed by atoms with Crippen LogP contribution in [0.2, 0.25) is 0 Å². The van der Waals surface area contributed by atoms with Gasteiger partial charge in [0.2, 0.25) is 23.6 Å². The largest absolute Gasteiger partial charge is 0.394 e. The van der Waals surface area contributed by atoms with Crippen LogP contribution < -0.4 is 27.0 Å². The third kappa shape index (κ3) is 12.6. The maximum atomic E-state index is 12.5. The summed E-state index contributed by atoms with van der Waals surface area (Å²) in [6, 6.07) is -2.07. The fourth-order valence-corrected chi connectivity index (χ4v) is 2.64. The lowest BCUT2D eigenvalue weighted by Gasteiger charge is -2.24. The molecule has 0 saturated heterocycles. The van der Waals surface area contributed by atoms with E-state index in [0.717, 1.165) is 0 Å². The summed E-state index contributed by atoms with van der Waals surface area (Å²) < 4.78 is 0. The van der Waals surface area contributed by atoms with E-state index >= 15 is 0 Å². The van der Waals surface area contributed by atoms with E-state index < -0.39 is 35.8 Å². The van der Waals surface area contributed by atoms with Crippen LogP contribution in [-0.4, -0.2) is 66.6 Å². The van der Waals surface area contributed by atoms with Crippen LogP contribution in [0.1, 0.15) is 52.9 Å². The first kappa shape index (κ1) is 28.4. The highest BCUT2D eigenvalue weighted by Gasteiger charge is 2.26. The second-order valence-electron chi connectivity index (χ2n) is 7.71. The molecule has 0 aromatic rings. The predicted molar refractivity (Wildman–Crippen MR) is 117 cm³/mol. The molecular weight excluding hydrogens is 402 g/mol. The Morgan fingerprint density at radius 3 is 2.23 bits per heavy atom. The van der Waals surface area contributed by atoms with Crippen molar-refractivity contribution in [2.24, 2.45) is 11.7 Å². The summed E-state index contributed by atoms with van der Waals surface area (Å²) in [5.74, 6) is 0.359. The van der Waals surface area contributed by atoms with Crippen molar-refractivity contribution in [3.63, 3.8) is 0 Å². The van der Waals surface area contributed by atoms with Crippen molar-refractivity contribution >= 4 is 23.6 Å². The number of carbonyl (C=O) groups is 4. The van der Waals surface area contributed by atoms with E-state index in [4.69, 9.17) is 17.3 Å². The summed E-state index contributed by atoms with van der Waals surface area (Å²) in [6.07, 6.45) is 7.23. The Bertz CT molecular complexity index is 632. The average Bonchev–Trinajstić information content (AvgIpc) is 2.73. The fourth-order valence-electron chi connectivity index (χ4n) is 2.64. The third-order valence-corrected chi connectivity index (χ3v) is 4.45. The van der Waals surface area contributed by atoms with Gasteiger partial charge in [-0.3, -0.25) is 19.2 Å². The zero-order valence-electron chi connectivity index (χ0n) is 18.7. The van der Waals surface area contributed by atoms with Crippen LogP contribution in [0.25, 0.3) is 0 Å². The summed E-state index contributed by atoms with van der Waals surface area (Å²) in [4.78, 5) is 49.0. The van der Waals surface area contributed by atoms with Crippen LogP contribution in [0.3, 0.4) is 0 Å². The number of hydrogen-bond acceptors (Lipinski definition) is 6. The first-order valence-electron chi connectivity index (χ1n) is 10.6. The van der Waals surface area contributed by atoms with Crippen LogP contribution in [0.4, 0.5) is 0 Å². The van der Waals surface area contributed by atoms with E-state index in [-0.39, 0.29) is 37.8 Å². The zero-order valence-corrected chi connectivity index (χ0v) is 18.7. The summed E-state index contributed by atoms with van der Waals surface area (Å²) in [5.41, 5.74) is 5.48. The molecule has 0 heterocycles. The highest BCUT2D eigenvalue weighted by atomic mass is 16.3. The fraction of sp³-hybridized carbons (Fsp3) is 0.714. The topological polar surface area (TPSA) is 163 Å². The Kier molecular flexibility index (Phi) is 14.7. The molecule has 0 aliphatic carbocycles. The molecule has 4 amide bonds. The number of nitrogens with one attached hydrogen (secondary N) is 4. The van der Waals surface area contributed by atoms with Gasteiger partial charge in [-0.05, 0) is 38.6 Å². The first-order chi connectivity index (χ1) is 14.7. The molecule has 0 aliphatic heterocycles. The van der Waals surface area contributed by atoms with Crippen molar-refractivity contribution in [1.82, 2.24) is 21.3 Å². The maximum absolute atomic E-state index is 12.5. The number of aliphatic hydroxyl groups is 1. The van der Waals surface area contributed by atoms with Crippen LogP contribution in [-0.2, 0) is 19.2 Å². The number of unbranched alkanes of at least 4 members (excludes halogenated alkanes) is 1. The molecular formula is C21H37N5O5. The van der Waals surface area contributed by atoms with Crippen molar-refractivity contribution in [3.8, 4) is 12.3 Å². The number of rotatable bonds is 15. The predicted octanol–water partition coefficient (Wildman–Crippen LogP) is -1.23. The normalized spacial score (nSPS) is 13.5. The second kappa shape index (κ2) is 16.1. The molecule has 0 radical (unpaired) electrons. The zero-order chi connectivity index (χ0) is 23.8. The van der Waals surface area contributed by atoms with Crippen LogP contribution in [0.5, 0.6) is 0 Å². The quantitative estimate of drug-likeness (QED) is 0.138. The highest BCUT2D eigenvalue weighted by molar-refractivity contribution is 5.92. The molecule has 0 aromatic heterocycles. The highest BCUT2D eigenvalue weighted by Crippen LogP contribution is 2.04. The van der Waals surface area contributed by atoms with Gasteiger partial charge in [0.1, 0.15) is 12.1 Å². The monoisotopic (exact) mass is 439 g/mol. The van der Waals surface area contributed by atoms with Gasteiger partial charge < -0.3 is 32.1 Å². The smallest absolute Gasteiger partial charge is 0.243 e. The van der Waals surface area contributed by atoms with Gasteiger partial charge in [-0.25, -0.2) is 0 Å². The summed E-state index contributed by atoms with van der Waals surface area (Å²) in [6.45, 7) is 5.07. The Labute approximate surface area is 184 Å². The van der Waals surface area contributed by atoms with Gasteiger partial charge in [-0.2, -0.15) is 0 Å². The molecule has 176 valence electrons. The van der Waals surface area contributed by atoms with Crippen molar-refractivity contribution in [1.29, 1.82) is 0 Å². The lowest BCUT2D eigenvalue weighted by molar-refractivity contribution is -0.132. The number of nitrogens with two attached hydrogens (primary N) is 1. The first-order valence-corrected chi connectivity index (χ1v) is 10.6. The molecule has 7 N–H and O–H groups in total. The van der Waals surface area contributed by atoms with Crippen LogP contribution in [0, 0.1) is 18.3 Å². The number of terminal acetylenes is 1. The van der Waals surface area contributed by atoms with Gasteiger partial charge in [0.05, 0.1) is 13.2 Å². The maximum Gasteiger partial charge on any atom is 0.243 e. The molecule has 0 saturated carbocycles. The minimum Gasteiger partial charge on any atom is -0.394 e. The van der Waals surface area contributed by atoms with E-state index in [9.17, 15) is 19.2 Å². The molecule has 31 heavy (non-hydrogen) atoms. The molecule has 0 unspecified atom stereocenters. The Balaban J connectivity index is 4.83. The van der Waals surface area contributed by atoms with Crippen LogP contribution >= 0.6 is 0 Å². The Hall–Kier alpha value is -2.64. The standard InChI is InChI=1S/C21H37N5O5/c1-5-6-10-17(28)25-16(9-7-8-11-22)20(30)23-12-18(29)26-19(14(2)3)21(31)24-15(4)13-27/h1,14-16,19,27H,6-13,22H2,2-4H3,(H,23,30)(H,24,31)(H,25,28)(H,26,29)/t15-,16+,19+/m1/s1. The second-order valence-corrected chi connectivity index (χ2v) is 7.71. The summed E-state index contributed by atoms with van der Waals surface area (Å²) in [5, 5.41) is 19.4. The Morgan fingerprint density at radius 2 is 1.68 bits per heavy atom. The van der Waals surface area contributed by atoms with Crippen molar-refractivity contribution in [3.05, 3.63) is 0 Å². The molecule has 0 rings (SSSR count). The number of carbonyl (C=O) groups excluding carboxylic acids is 4. The number of aliphatic hydroxyl groups excluding tert-OH is 1. The molecule has 0 aliphatic rings. The minimum atomic E-state index is -0.817. The van der Waals surface area contributed by atoms with Gasteiger partial charge >= 0.3 is 0 Å². The molecule has 0 spiro atoms. The summed E-state index contributed by atoms with van der Waals surface area (Å²) >= 11 is 0. The average molecular weight is 440 g/mol. The summed E-state index contributed by atoms with van der Waals surface area (Å²) in [7, 11) is 0. The minimum absolute atomic E-state index is 0.106. The van der Waals surface area contributed by atoms with Gasteiger partial charge in [0, 0.05) is 18.9 Å². The van der Waals surface area contributed by atoms with Gasteiger partial charge in [-0.15, -0.1) is 12.3 Å². The third-order valence-electron chi connectivity index (χ3n) is 4.45. The van der Waals surface area contributed by atoms with Crippen molar-refractivity contribution in [2.45, 2.75) is 71.0 Å². The van der Waals surface area contributed by atoms with E-state index in [1.807, 2.05) is 0 Å². The van der Waals surface area contributed by atoms with Gasteiger partial charge in [0.25, 0.3) is 0 Å².